The van der Waals surface area contributed by atoms with E-state index in [0.717, 1.165) is 18.4 Å². The predicted molar refractivity (Wildman–Crippen MR) is 60.5 cm³/mol. The van der Waals surface area contributed by atoms with Gasteiger partial charge in [-0.3, -0.25) is 4.79 Å². The Morgan fingerprint density at radius 3 is 2.47 bits per heavy atom. The third-order valence-corrected chi connectivity index (χ3v) is 2.27. The van der Waals surface area contributed by atoms with Crippen LogP contribution in [0.15, 0.2) is 30.3 Å². The van der Waals surface area contributed by atoms with Crippen LogP contribution in [0.1, 0.15) is 44.8 Å². The van der Waals surface area contributed by atoms with Crippen LogP contribution in [0.3, 0.4) is 0 Å². The summed E-state index contributed by atoms with van der Waals surface area (Å²) in [6, 6.07) is 9.88. The van der Waals surface area contributed by atoms with E-state index in [9.17, 15) is 4.79 Å². The summed E-state index contributed by atoms with van der Waals surface area (Å²) in [6.07, 6.45) is 2.07. The third-order valence-electron chi connectivity index (χ3n) is 2.27. The van der Waals surface area contributed by atoms with E-state index in [2.05, 4.69) is 0 Å². The number of esters is 1. The van der Waals surface area contributed by atoms with Crippen molar-refractivity contribution in [3.63, 3.8) is 0 Å². The molecule has 0 aliphatic rings. The maximum atomic E-state index is 11.4. The fraction of sp³-hybridized carbons (Fsp3) is 0.462. The van der Waals surface area contributed by atoms with Gasteiger partial charge >= 0.3 is 5.97 Å². The van der Waals surface area contributed by atoms with Crippen LogP contribution in [0.25, 0.3) is 0 Å². The second-order valence-electron chi connectivity index (χ2n) is 3.55. The van der Waals surface area contributed by atoms with Gasteiger partial charge in [-0.15, -0.1) is 0 Å². The molecule has 0 heterocycles. The van der Waals surface area contributed by atoms with Gasteiger partial charge in [0.25, 0.3) is 0 Å². The molecular formula is C13H18O2. The molecule has 0 saturated carbocycles. The summed E-state index contributed by atoms with van der Waals surface area (Å²) in [7, 11) is 0. The van der Waals surface area contributed by atoms with E-state index in [1.54, 1.807) is 0 Å². The lowest BCUT2D eigenvalue weighted by molar-refractivity contribution is -0.149. The van der Waals surface area contributed by atoms with E-state index in [0.29, 0.717) is 6.42 Å². The minimum Gasteiger partial charge on any atom is -0.457 e. The lowest BCUT2D eigenvalue weighted by Crippen LogP contribution is -2.10. The summed E-state index contributed by atoms with van der Waals surface area (Å²) >= 11 is 0. The number of rotatable bonds is 5. The second kappa shape index (κ2) is 6.23. The molecule has 2 nitrogen and oxygen atoms in total. The zero-order chi connectivity index (χ0) is 11.1. The topological polar surface area (TPSA) is 26.3 Å². The van der Waals surface area contributed by atoms with Crippen molar-refractivity contribution in [1.82, 2.24) is 0 Å². The zero-order valence-corrected chi connectivity index (χ0v) is 9.40. The first-order valence-electron chi connectivity index (χ1n) is 5.52. The Kier molecular flexibility index (Phi) is 4.88. The average Bonchev–Trinajstić information content (AvgIpc) is 2.27. The Balaban J connectivity index is 2.61. The SMILES string of the molecule is CCCC(=O)O[C@H](CC)c1ccccc1. The molecule has 0 unspecified atom stereocenters. The maximum absolute atomic E-state index is 11.4. The predicted octanol–water partition coefficient (Wildman–Crippen LogP) is 3.48. The quantitative estimate of drug-likeness (QED) is 0.689. The van der Waals surface area contributed by atoms with E-state index in [4.69, 9.17) is 4.74 Å². The Hall–Kier alpha value is -1.31. The van der Waals surface area contributed by atoms with Gasteiger partial charge in [-0.2, -0.15) is 0 Å². The minimum absolute atomic E-state index is 0.0924. The first-order chi connectivity index (χ1) is 7.27. The standard InChI is InChI=1S/C13H18O2/c1-3-8-13(14)15-12(4-2)11-9-6-5-7-10-11/h5-7,9-10,12H,3-4,8H2,1-2H3/t12-/m1/s1. The molecule has 0 bridgehead atoms. The maximum Gasteiger partial charge on any atom is 0.306 e. The van der Waals surface area contributed by atoms with Crippen LogP contribution in [0.5, 0.6) is 0 Å². The first-order valence-corrected chi connectivity index (χ1v) is 5.52. The summed E-state index contributed by atoms with van der Waals surface area (Å²) < 4.78 is 5.39. The molecular weight excluding hydrogens is 188 g/mol. The smallest absolute Gasteiger partial charge is 0.306 e. The minimum atomic E-state index is -0.104. The molecule has 1 atom stereocenters. The molecule has 15 heavy (non-hydrogen) atoms. The summed E-state index contributed by atoms with van der Waals surface area (Å²) in [6.45, 7) is 4.00. The largest absolute Gasteiger partial charge is 0.457 e. The van der Waals surface area contributed by atoms with E-state index in [1.807, 2.05) is 44.2 Å². The monoisotopic (exact) mass is 206 g/mol. The van der Waals surface area contributed by atoms with E-state index < -0.39 is 0 Å². The van der Waals surface area contributed by atoms with E-state index in [1.165, 1.54) is 0 Å². The molecule has 82 valence electrons. The van der Waals surface area contributed by atoms with Crippen LogP contribution in [-0.4, -0.2) is 5.97 Å². The molecule has 1 rings (SSSR count). The van der Waals surface area contributed by atoms with Crippen LogP contribution in [-0.2, 0) is 9.53 Å². The molecule has 1 aromatic carbocycles. The number of hydrogen-bond acceptors (Lipinski definition) is 2. The van der Waals surface area contributed by atoms with Crippen LogP contribution in [0.4, 0.5) is 0 Å². The second-order valence-corrected chi connectivity index (χ2v) is 3.55. The summed E-state index contributed by atoms with van der Waals surface area (Å²) in [5, 5.41) is 0. The van der Waals surface area contributed by atoms with Crippen molar-refractivity contribution in [3.05, 3.63) is 35.9 Å². The molecule has 0 N–H and O–H groups in total. The molecule has 0 amide bonds. The summed E-state index contributed by atoms with van der Waals surface area (Å²) in [4.78, 5) is 11.4. The van der Waals surface area contributed by atoms with Gasteiger partial charge in [0.2, 0.25) is 0 Å². The van der Waals surface area contributed by atoms with Gasteiger partial charge in [0.15, 0.2) is 0 Å². The van der Waals surface area contributed by atoms with Gasteiger partial charge < -0.3 is 4.74 Å². The highest BCUT2D eigenvalue weighted by Gasteiger charge is 2.13. The number of benzene rings is 1. The van der Waals surface area contributed by atoms with Crippen molar-refractivity contribution in [1.29, 1.82) is 0 Å². The van der Waals surface area contributed by atoms with E-state index in [-0.39, 0.29) is 12.1 Å². The first kappa shape index (κ1) is 11.8. The van der Waals surface area contributed by atoms with Gasteiger partial charge in [-0.1, -0.05) is 44.2 Å². The van der Waals surface area contributed by atoms with Crippen LogP contribution in [0, 0.1) is 0 Å². The van der Waals surface area contributed by atoms with Crippen LogP contribution < -0.4 is 0 Å². The molecule has 2 heteroatoms. The highest BCUT2D eigenvalue weighted by atomic mass is 16.5. The highest BCUT2D eigenvalue weighted by Crippen LogP contribution is 2.21. The molecule has 0 saturated heterocycles. The van der Waals surface area contributed by atoms with Crippen molar-refractivity contribution < 1.29 is 9.53 Å². The fourth-order valence-electron chi connectivity index (χ4n) is 1.48. The average molecular weight is 206 g/mol. The normalized spacial score (nSPS) is 12.1. The van der Waals surface area contributed by atoms with E-state index >= 15 is 0 Å². The zero-order valence-electron chi connectivity index (χ0n) is 9.40. The lowest BCUT2D eigenvalue weighted by atomic mass is 10.1. The summed E-state index contributed by atoms with van der Waals surface area (Å²) in [5.41, 5.74) is 1.07. The van der Waals surface area contributed by atoms with Crippen molar-refractivity contribution in [2.45, 2.75) is 39.2 Å². The molecule has 0 fully saturated rings. The molecule has 0 aliphatic carbocycles. The molecule has 0 aliphatic heterocycles. The highest BCUT2D eigenvalue weighted by molar-refractivity contribution is 5.69. The Morgan fingerprint density at radius 2 is 1.93 bits per heavy atom. The lowest BCUT2D eigenvalue weighted by Gasteiger charge is -2.16. The van der Waals surface area contributed by atoms with Crippen molar-refractivity contribution in [2.75, 3.05) is 0 Å². The molecule has 0 aromatic heterocycles. The van der Waals surface area contributed by atoms with Crippen LogP contribution in [0.2, 0.25) is 0 Å². The van der Waals surface area contributed by atoms with Gasteiger partial charge in [0, 0.05) is 6.42 Å². The van der Waals surface area contributed by atoms with Crippen LogP contribution >= 0.6 is 0 Å². The summed E-state index contributed by atoms with van der Waals surface area (Å²) in [5.74, 6) is -0.104. The number of carbonyl (C=O) groups is 1. The molecule has 0 radical (unpaired) electrons. The molecule has 1 aromatic rings. The third kappa shape index (κ3) is 3.74. The van der Waals surface area contributed by atoms with Crippen molar-refractivity contribution in [2.24, 2.45) is 0 Å². The van der Waals surface area contributed by atoms with Crippen molar-refractivity contribution in [3.8, 4) is 0 Å². The van der Waals surface area contributed by atoms with Gasteiger partial charge in [-0.25, -0.2) is 0 Å². The van der Waals surface area contributed by atoms with Gasteiger partial charge in [0.05, 0.1) is 0 Å². The number of hydrogen-bond donors (Lipinski definition) is 0. The Bertz CT molecular complexity index is 293. The molecule has 0 spiro atoms. The fourth-order valence-corrected chi connectivity index (χ4v) is 1.48. The van der Waals surface area contributed by atoms with Gasteiger partial charge in [0.1, 0.15) is 6.10 Å². The van der Waals surface area contributed by atoms with Gasteiger partial charge in [-0.05, 0) is 18.4 Å². The Labute approximate surface area is 91.3 Å². The number of ether oxygens (including phenoxy) is 1. The van der Waals surface area contributed by atoms with Crippen molar-refractivity contribution >= 4 is 5.97 Å². The number of carbonyl (C=O) groups excluding carboxylic acids is 1. The Morgan fingerprint density at radius 1 is 1.27 bits per heavy atom.